The summed E-state index contributed by atoms with van der Waals surface area (Å²) in [7, 11) is -3.77. The molecule has 2 aromatic carbocycles. The number of aryl methyl sites for hydroxylation is 1. The van der Waals surface area contributed by atoms with Gasteiger partial charge in [-0.15, -0.1) is 0 Å². The van der Waals surface area contributed by atoms with Crippen molar-refractivity contribution in [2.75, 3.05) is 4.72 Å². The van der Waals surface area contributed by atoms with Gasteiger partial charge in [-0.2, -0.15) is 0 Å². The summed E-state index contributed by atoms with van der Waals surface area (Å²) < 4.78 is 40.7. The van der Waals surface area contributed by atoms with Gasteiger partial charge in [0.25, 0.3) is 10.0 Å². The predicted molar refractivity (Wildman–Crippen MR) is 81.0 cm³/mol. The lowest BCUT2D eigenvalue weighted by atomic mass is 10.1. The number of nitrogens with two attached hydrogens (primary N) is 1. The van der Waals surface area contributed by atoms with Crippen LogP contribution in [0.4, 0.5) is 10.1 Å². The van der Waals surface area contributed by atoms with Crippen molar-refractivity contribution in [3.8, 4) is 0 Å². The van der Waals surface area contributed by atoms with Crippen molar-refractivity contribution in [3.63, 3.8) is 0 Å². The zero-order chi connectivity index (χ0) is 15.6. The van der Waals surface area contributed by atoms with Gasteiger partial charge < -0.3 is 5.73 Å². The highest BCUT2D eigenvalue weighted by Gasteiger charge is 2.17. The summed E-state index contributed by atoms with van der Waals surface area (Å²) in [5.74, 6) is -0.511. The zero-order valence-electron chi connectivity index (χ0n) is 11.9. The average molecular weight is 308 g/mol. The fourth-order valence-corrected chi connectivity index (χ4v) is 3.11. The number of anilines is 1. The number of nitrogens with one attached hydrogen (secondary N) is 1. The molecule has 0 aliphatic heterocycles. The van der Waals surface area contributed by atoms with Crippen molar-refractivity contribution in [1.82, 2.24) is 0 Å². The molecule has 21 heavy (non-hydrogen) atoms. The third kappa shape index (κ3) is 3.22. The molecule has 0 bridgehead atoms. The molecule has 0 spiro atoms. The minimum absolute atomic E-state index is 0.00902. The Morgan fingerprint density at radius 2 is 1.90 bits per heavy atom. The lowest BCUT2D eigenvalue weighted by Crippen LogP contribution is -2.15. The molecule has 0 heterocycles. The molecular formula is C15H17FN2O2S. The molecule has 0 saturated carbocycles. The highest BCUT2D eigenvalue weighted by molar-refractivity contribution is 7.92. The SMILES string of the molecule is Cc1cccc(NS(=O)(=O)c2ccc(F)c(CN)c2)c1C. The average Bonchev–Trinajstić information content (AvgIpc) is 2.44. The largest absolute Gasteiger partial charge is 0.326 e. The summed E-state index contributed by atoms with van der Waals surface area (Å²) in [6, 6.07) is 8.95. The van der Waals surface area contributed by atoms with Crippen LogP contribution in [-0.2, 0) is 16.6 Å². The molecule has 0 amide bonds. The summed E-state index contributed by atoms with van der Waals surface area (Å²) in [6.07, 6.45) is 0. The maximum Gasteiger partial charge on any atom is 0.261 e. The van der Waals surface area contributed by atoms with Crippen LogP contribution in [-0.4, -0.2) is 8.42 Å². The number of hydrogen-bond acceptors (Lipinski definition) is 3. The van der Waals surface area contributed by atoms with E-state index in [0.29, 0.717) is 5.69 Å². The van der Waals surface area contributed by atoms with Gasteiger partial charge in [-0.1, -0.05) is 12.1 Å². The Hall–Kier alpha value is -1.92. The standard InChI is InChI=1S/C15H17FN2O2S/c1-10-4-3-5-15(11(10)2)18-21(19,20)13-6-7-14(16)12(8-13)9-17/h3-8,18H,9,17H2,1-2H3. The van der Waals surface area contributed by atoms with Crippen LogP contribution in [0.15, 0.2) is 41.3 Å². The van der Waals surface area contributed by atoms with Crippen molar-refractivity contribution in [2.24, 2.45) is 5.73 Å². The van der Waals surface area contributed by atoms with Crippen LogP contribution in [0, 0.1) is 19.7 Å². The maximum atomic E-state index is 13.4. The first-order valence-corrected chi connectivity index (χ1v) is 7.91. The number of hydrogen-bond donors (Lipinski definition) is 2. The van der Waals surface area contributed by atoms with E-state index in [4.69, 9.17) is 5.73 Å². The molecule has 0 radical (unpaired) electrons. The Morgan fingerprint density at radius 1 is 1.19 bits per heavy atom. The molecule has 3 N–H and O–H groups in total. The third-order valence-electron chi connectivity index (χ3n) is 3.40. The Labute approximate surface area is 123 Å². The van der Waals surface area contributed by atoms with E-state index in [9.17, 15) is 12.8 Å². The molecule has 0 aromatic heterocycles. The lowest BCUT2D eigenvalue weighted by Gasteiger charge is -2.13. The molecule has 0 aliphatic carbocycles. The van der Waals surface area contributed by atoms with Gasteiger partial charge in [0.2, 0.25) is 0 Å². The summed E-state index contributed by atoms with van der Waals surface area (Å²) in [5, 5.41) is 0. The second-order valence-corrected chi connectivity index (χ2v) is 6.49. The molecule has 0 fully saturated rings. The number of rotatable bonds is 4. The van der Waals surface area contributed by atoms with E-state index in [-0.39, 0.29) is 17.0 Å². The summed E-state index contributed by atoms with van der Waals surface area (Å²) in [6.45, 7) is 3.68. The van der Waals surface area contributed by atoms with Gasteiger partial charge in [-0.05, 0) is 49.2 Å². The normalized spacial score (nSPS) is 11.4. The molecule has 6 heteroatoms. The van der Waals surface area contributed by atoms with Crippen molar-refractivity contribution in [2.45, 2.75) is 25.3 Å². The van der Waals surface area contributed by atoms with Crippen molar-refractivity contribution in [3.05, 3.63) is 58.9 Å². The van der Waals surface area contributed by atoms with E-state index in [1.54, 1.807) is 12.1 Å². The molecule has 4 nitrogen and oxygen atoms in total. The lowest BCUT2D eigenvalue weighted by molar-refractivity contribution is 0.596. The number of benzene rings is 2. The molecular weight excluding hydrogens is 291 g/mol. The first-order valence-electron chi connectivity index (χ1n) is 6.42. The monoisotopic (exact) mass is 308 g/mol. The Morgan fingerprint density at radius 3 is 2.57 bits per heavy atom. The minimum Gasteiger partial charge on any atom is -0.326 e. The van der Waals surface area contributed by atoms with Crippen LogP contribution in [0.1, 0.15) is 16.7 Å². The second kappa shape index (κ2) is 5.83. The van der Waals surface area contributed by atoms with Gasteiger partial charge in [0.15, 0.2) is 0 Å². The summed E-state index contributed by atoms with van der Waals surface area (Å²) >= 11 is 0. The van der Waals surface area contributed by atoms with Gasteiger partial charge in [0.1, 0.15) is 5.82 Å². The van der Waals surface area contributed by atoms with E-state index in [2.05, 4.69) is 4.72 Å². The minimum atomic E-state index is -3.77. The van der Waals surface area contributed by atoms with Gasteiger partial charge in [-0.3, -0.25) is 4.72 Å². The topological polar surface area (TPSA) is 72.2 Å². The van der Waals surface area contributed by atoms with Crippen LogP contribution in [0.25, 0.3) is 0 Å². The molecule has 0 atom stereocenters. The first-order chi connectivity index (χ1) is 9.85. The van der Waals surface area contributed by atoms with Crippen LogP contribution < -0.4 is 10.5 Å². The summed E-state index contributed by atoms with van der Waals surface area (Å²) in [5.41, 5.74) is 7.91. The van der Waals surface area contributed by atoms with E-state index in [0.717, 1.165) is 17.2 Å². The highest BCUT2D eigenvalue weighted by Crippen LogP contribution is 2.23. The Kier molecular flexibility index (Phi) is 4.29. The van der Waals surface area contributed by atoms with E-state index >= 15 is 0 Å². The highest BCUT2D eigenvalue weighted by atomic mass is 32.2. The van der Waals surface area contributed by atoms with Gasteiger partial charge >= 0.3 is 0 Å². The fraction of sp³-hybridized carbons (Fsp3) is 0.200. The van der Waals surface area contributed by atoms with Crippen molar-refractivity contribution < 1.29 is 12.8 Å². The summed E-state index contributed by atoms with van der Waals surface area (Å²) in [4.78, 5) is -0.00902. The van der Waals surface area contributed by atoms with E-state index < -0.39 is 15.8 Å². The quantitative estimate of drug-likeness (QED) is 0.912. The van der Waals surface area contributed by atoms with Crippen LogP contribution in [0.3, 0.4) is 0 Å². The number of halogens is 1. The molecule has 112 valence electrons. The van der Waals surface area contributed by atoms with Gasteiger partial charge in [0, 0.05) is 12.1 Å². The number of sulfonamides is 1. The molecule has 2 aromatic rings. The first kappa shape index (κ1) is 15.5. The van der Waals surface area contributed by atoms with Crippen LogP contribution >= 0.6 is 0 Å². The maximum absolute atomic E-state index is 13.4. The van der Waals surface area contributed by atoms with Gasteiger partial charge in [0.05, 0.1) is 10.6 Å². The zero-order valence-corrected chi connectivity index (χ0v) is 12.7. The predicted octanol–water partition coefficient (Wildman–Crippen LogP) is 2.70. The molecule has 0 unspecified atom stereocenters. The molecule has 2 rings (SSSR count). The molecule has 0 saturated heterocycles. The smallest absolute Gasteiger partial charge is 0.261 e. The third-order valence-corrected chi connectivity index (χ3v) is 4.76. The van der Waals surface area contributed by atoms with E-state index in [1.807, 2.05) is 19.9 Å². The fourth-order valence-electron chi connectivity index (χ4n) is 1.94. The Balaban J connectivity index is 2.41. The van der Waals surface area contributed by atoms with Crippen LogP contribution in [0.5, 0.6) is 0 Å². The second-order valence-electron chi connectivity index (χ2n) is 4.81. The molecule has 0 aliphatic rings. The van der Waals surface area contributed by atoms with Crippen molar-refractivity contribution in [1.29, 1.82) is 0 Å². The Bertz CT molecular complexity index is 773. The van der Waals surface area contributed by atoms with Crippen molar-refractivity contribution >= 4 is 15.7 Å². The van der Waals surface area contributed by atoms with Crippen LogP contribution in [0.2, 0.25) is 0 Å². The van der Waals surface area contributed by atoms with E-state index in [1.165, 1.54) is 12.1 Å². The van der Waals surface area contributed by atoms with Gasteiger partial charge in [-0.25, -0.2) is 12.8 Å².